The van der Waals surface area contributed by atoms with Gasteiger partial charge >= 0.3 is 0 Å². The van der Waals surface area contributed by atoms with Gasteiger partial charge in [-0.05, 0) is 64.7 Å². The maximum absolute atomic E-state index is 5.62. The van der Waals surface area contributed by atoms with Crippen LogP contribution in [-0.2, 0) is 0 Å². The van der Waals surface area contributed by atoms with E-state index in [1.165, 1.54) is 5.56 Å². The normalized spacial score (nSPS) is 12.5. The summed E-state index contributed by atoms with van der Waals surface area (Å²) in [6.45, 7) is 5.35. The van der Waals surface area contributed by atoms with Crippen molar-refractivity contribution < 1.29 is 0 Å². The number of hydrogen-bond acceptors (Lipinski definition) is 3. The molecule has 0 fully saturated rings. The minimum Gasteiger partial charge on any atom is -0.389 e. The number of benzene rings is 1. The van der Waals surface area contributed by atoms with Crippen LogP contribution < -0.4 is 11.1 Å². The number of nitrogens with one attached hydrogen (secondary N) is 1. The van der Waals surface area contributed by atoms with Crippen molar-refractivity contribution in [3.8, 4) is 0 Å². The van der Waals surface area contributed by atoms with Crippen molar-refractivity contribution in [2.45, 2.75) is 26.3 Å². The summed E-state index contributed by atoms with van der Waals surface area (Å²) < 4.78 is 0. The molecule has 0 radical (unpaired) electrons. The average Bonchev–Trinajstić information content (AvgIpc) is 2.29. The Morgan fingerprint density at radius 3 is 2.61 bits per heavy atom. The molecule has 1 aromatic carbocycles. The summed E-state index contributed by atoms with van der Waals surface area (Å²) >= 11 is 4.97. The molecule has 1 rings (SSSR count). The molecule has 3 N–H and O–H groups in total. The second kappa shape index (κ2) is 6.71. The second-order valence-corrected chi connectivity index (χ2v) is 5.47. The van der Waals surface area contributed by atoms with E-state index in [1.807, 2.05) is 12.1 Å². The van der Waals surface area contributed by atoms with Gasteiger partial charge in [0.05, 0.1) is 0 Å². The van der Waals surface area contributed by atoms with Crippen molar-refractivity contribution in [1.29, 1.82) is 0 Å². The molecule has 1 unspecified atom stereocenters. The van der Waals surface area contributed by atoms with E-state index in [9.17, 15) is 0 Å². The van der Waals surface area contributed by atoms with Crippen LogP contribution in [0, 0.1) is 6.92 Å². The second-order valence-electron chi connectivity index (χ2n) is 5.03. The molecule has 0 bridgehead atoms. The zero-order chi connectivity index (χ0) is 13.7. The van der Waals surface area contributed by atoms with Crippen molar-refractivity contribution in [3.05, 3.63) is 29.3 Å². The van der Waals surface area contributed by atoms with E-state index in [2.05, 4.69) is 44.2 Å². The Balaban J connectivity index is 2.64. The predicted molar refractivity (Wildman–Crippen MR) is 83.3 cm³/mol. The molecular weight excluding hydrogens is 242 g/mol. The molecule has 3 nitrogen and oxygen atoms in total. The van der Waals surface area contributed by atoms with Gasteiger partial charge in [-0.2, -0.15) is 0 Å². The third-order valence-corrected chi connectivity index (χ3v) is 3.16. The van der Waals surface area contributed by atoms with Gasteiger partial charge in [-0.3, -0.25) is 0 Å². The number of aryl methyl sites for hydroxylation is 1. The molecule has 0 saturated carbocycles. The lowest BCUT2D eigenvalue weighted by atomic mass is 10.1. The molecule has 1 aromatic rings. The van der Waals surface area contributed by atoms with Crippen LogP contribution in [0.3, 0.4) is 0 Å². The van der Waals surface area contributed by atoms with Crippen molar-refractivity contribution in [2.24, 2.45) is 5.73 Å². The van der Waals surface area contributed by atoms with Crippen molar-refractivity contribution in [3.63, 3.8) is 0 Å². The molecule has 0 amide bonds. The SMILES string of the molecule is Cc1cc(C(N)=S)ccc1NC(C)CCN(C)C. The van der Waals surface area contributed by atoms with E-state index in [0.29, 0.717) is 11.0 Å². The maximum atomic E-state index is 5.62. The molecule has 100 valence electrons. The Morgan fingerprint density at radius 1 is 1.44 bits per heavy atom. The minimum absolute atomic E-state index is 0.446. The molecule has 0 aliphatic rings. The smallest absolute Gasteiger partial charge is 0.103 e. The van der Waals surface area contributed by atoms with Crippen molar-refractivity contribution >= 4 is 22.9 Å². The Hall–Kier alpha value is -1.13. The Morgan fingerprint density at radius 2 is 2.11 bits per heavy atom. The van der Waals surface area contributed by atoms with E-state index in [1.54, 1.807) is 0 Å². The molecule has 0 aliphatic heterocycles. The van der Waals surface area contributed by atoms with Gasteiger partial charge in [0.2, 0.25) is 0 Å². The van der Waals surface area contributed by atoms with Crippen LogP contribution in [-0.4, -0.2) is 36.6 Å². The number of hydrogen-bond donors (Lipinski definition) is 2. The van der Waals surface area contributed by atoms with Gasteiger partial charge in [0.25, 0.3) is 0 Å². The number of rotatable bonds is 6. The van der Waals surface area contributed by atoms with E-state index in [4.69, 9.17) is 18.0 Å². The zero-order valence-corrected chi connectivity index (χ0v) is 12.5. The van der Waals surface area contributed by atoms with Crippen molar-refractivity contribution in [1.82, 2.24) is 4.90 Å². The van der Waals surface area contributed by atoms with Crippen LogP contribution in [0.15, 0.2) is 18.2 Å². The first-order chi connectivity index (χ1) is 8.40. The van der Waals surface area contributed by atoms with Crippen LogP contribution in [0.1, 0.15) is 24.5 Å². The largest absolute Gasteiger partial charge is 0.389 e. The van der Waals surface area contributed by atoms with Crippen LogP contribution in [0.5, 0.6) is 0 Å². The van der Waals surface area contributed by atoms with E-state index in [-0.39, 0.29) is 0 Å². The summed E-state index contributed by atoms with van der Waals surface area (Å²) in [5, 5.41) is 3.52. The third-order valence-electron chi connectivity index (χ3n) is 2.92. The topological polar surface area (TPSA) is 41.3 Å². The van der Waals surface area contributed by atoms with Gasteiger partial charge < -0.3 is 16.0 Å². The molecule has 18 heavy (non-hydrogen) atoms. The fraction of sp³-hybridized carbons (Fsp3) is 0.500. The van der Waals surface area contributed by atoms with E-state index in [0.717, 1.165) is 24.2 Å². The Labute approximate surface area is 115 Å². The van der Waals surface area contributed by atoms with E-state index >= 15 is 0 Å². The molecular formula is C14H23N3S. The lowest BCUT2D eigenvalue weighted by Crippen LogP contribution is -2.23. The summed E-state index contributed by atoms with van der Waals surface area (Å²) in [5.41, 5.74) is 8.88. The summed E-state index contributed by atoms with van der Waals surface area (Å²) in [6.07, 6.45) is 1.11. The number of nitrogens with two attached hydrogens (primary N) is 1. The van der Waals surface area contributed by atoms with Gasteiger partial charge in [0.15, 0.2) is 0 Å². The molecule has 4 heteroatoms. The molecule has 0 aliphatic carbocycles. The first-order valence-electron chi connectivity index (χ1n) is 6.22. The maximum Gasteiger partial charge on any atom is 0.103 e. The first kappa shape index (κ1) is 14.9. The highest BCUT2D eigenvalue weighted by molar-refractivity contribution is 7.80. The Bertz CT molecular complexity index is 416. The van der Waals surface area contributed by atoms with Crippen LogP contribution in [0.4, 0.5) is 5.69 Å². The predicted octanol–water partition coefficient (Wildman–Crippen LogP) is 2.38. The highest BCUT2D eigenvalue weighted by atomic mass is 32.1. The number of thiocarbonyl (C=S) groups is 1. The number of nitrogens with zero attached hydrogens (tertiary/aromatic N) is 1. The summed E-state index contributed by atoms with van der Waals surface area (Å²) in [5.74, 6) is 0. The van der Waals surface area contributed by atoms with Gasteiger partial charge in [-0.1, -0.05) is 12.2 Å². The fourth-order valence-electron chi connectivity index (χ4n) is 1.77. The monoisotopic (exact) mass is 265 g/mol. The summed E-state index contributed by atoms with van der Waals surface area (Å²) in [6, 6.07) is 6.50. The van der Waals surface area contributed by atoms with Gasteiger partial charge in [0, 0.05) is 17.3 Å². The Kier molecular flexibility index (Phi) is 5.56. The lowest BCUT2D eigenvalue weighted by Gasteiger charge is -2.19. The highest BCUT2D eigenvalue weighted by Crippen LogP contribution is 2.18. The third kappa shape index (κ3) is 4.63. The van der Waals surface area contributed by atoms with Gasteiger partial charge in [-0.25, -0.2) is 0 Å². The summed E-state index contributed by atoms with van der Waals surface area (Å²) in [4.78, 5) is 2.64. The van der Waals surface area contributed by atoms with Gasteiger partial charge in [0.1, 0.15) is 4.99 Å². The average molecular weight is 265 g/mol. The summed E-state index contributed by atoms with van der Waals surface area (Å²) in [7, 11) is 4.18. The lowest BCUT2D eigenvalue weighted by molar-refractivity contribution is 0.390. The molecule has 1 atom stereocenters. The van der Waals surface area contributed by atoms with E-state index < -0.39 is 0 Å². The van der Waals surface area contributed by atoms with Crippen LogP contribution in [0.25, 0.3) is 0 Å². The molecule has 0 aromatic heterocycles. The van der Waals surface area contributed by atoms with Crippen molar-refractivity contribution in [2.75, 3.05) is 26.0 Å². The standard InChI is InChI=1S/C14H23N3S/c1-10-9-12(14(15)18)5-6-13(10)16-11(2)7-8-17(3)4/h5-6,9,11,16H,7-8H2,1-4H3,(H2,15,18). The first-order valence-corrected chi connectivity index (χ1v) is 6.62. The minimum atomic E-state index is 0.446. The van der Waals surface area contributed by atoms with Gasteiger partial charge in [-0.15, -0.1) is 0 Å². The van der Waals surface area contributed by atoms with Crippen LogP contribution >= 0.6 is 12.2 Å². The highest BCUT2D eigenvalue weighted by Gasteiger charge is 2.06. The number of anilines is 1. The zero-order valence-electron chi connectivity index (χ0n) is 11.7. The fourth-order valence-corrected chi connectivity index (χ4v) is 1.90. The quantitative estimate of drug-likeness (QED) is 0.775. The molecule has 0 saturated heterocycles. The molecule has 0 spiro atoms. The molecule has 0 heterocycles. The van der Waals surface area contributed by atoms with Crippen LogP contribution in [0.2, 0.25) is 0 Å².